The third kappa shape index (κ3) is 8.59. The zero-order valence-electron chi connectivity index (χ0n) is 21.9. The van der Waals surface area contributed by atoms with Gasteiger partial charge in [0.05, 0.1) is 30.6 Å². The number of imidazole rings is 1. The first kappa shape index (κ1) is 30.2. The number of hydrogen-bond donors (Lipinski definition) is 3. The predicted octanol–water partition coefficient (Wildman–Crippen LogP) is 4.87. The highest BCUT2D eigenvalue weighted by atomic mass is 19.4. The van der Waals surface area contributed by atoms with Crippen molar-refractivity contribution in [2.24, 2.45) is 5.92 Å². The van der Waals surface area contributed by atoms with Gasteiger partial charge in [0.25, 0.3) is 12.3 Å². The first-order chi connectivity index (χ1) is 19.5. The summed E-state index contributed by atoms with van der Waals surface area (Å²) in [6.07, 6.45) is -3.28. The second-order valence-corrected chi connectivity index (χ2v) is 9.92. The van der Waals surface area contributed by atoms with Crippen molar-refractivity contribution in [3.8, 4) is 5.75 Å². The fourth-order valence-electron chi connectivity index (χ4n) is 4.78. The van der Waals surface area contributed by atoms with Crippen LogP contribution in [0.15, 0.2) is 42.7 Å². The van der Waals surface area contributed by atoms with Gasteiger partial charge in [-0.3, -0.25) is 9.59 Å². The van der Waals surface area contributed by atoms with E-state index in [4.69, 9.17) is 4.74 Å². The molecule has 1 saturated carbocycles. The van der Waals surface area contributed by atoms with Crippen molar-refractivity contribution in [2.45, 2.75) is 69.8 Å². The van der Waals surface area contributed by atoms with E-state index in [0.717, 1.165) is 32.1 Å². The van der Waals surface area contributed by atoms with Gasteiger partial charge in [-0.1, -0.05) is 25.3 Å². The highest BCUT2D eigenvalue weighted by Gasteiger charge is 2.30. The highest BCUT2D eigenvalue weighted by molar-refractivity contribution is 5.94. The molecule has 3 N–H and O–H groups in total. The molecule has 41 heavy (non-hydrogen) atoms. The van der Waals surface area contributed by atoms with E-state index >= 15 is 0 Å². The Kier molecular flexibility index (Phi) is 9.73. The van der Waals surface area contributed by atoms with Gasteiger partial charge >= 0.3 is 6.18 Å². The van der Waals surface area contributed by atoms with Crippen LogP contribution in [0.4, 0.5) is 22.0 Å². The Bertz CT molecular complexity index is 1340. The van der Waals surface area contributed by atoms with Crippen LogP contribution in [0.1, 0.15) is 78.8 Å². The van der Waals surface area contributed by atoms with Gasteiger partial charge in [-0.05, 0) is 43.0 Å². The van der Waals surface area contributed by atoms with Crippen LogP contribution >= 0.6 is 0 Å². The molecule has 3 aromatic rings. The molecular weight excluding hydrogens is 553 g/mol. The lowest BCUT2D eigenvalue weighted by Crippen LogP contribution is -2.34. The van der Waals surface area contributed by atoms with Crippen molar-refractivity contribution in [3.63, 3.8) is 0 Å². The van der Waals surface area contributed by atoms with Gasteiger partial charge in [-0.25, -0.2) is 18.3 Å². The van der Waals surface area contributed by atoms with Crippen molar-refractivity contribution in [3.05, 3.63) is 59.5 Å². The third-order valence-corrected chi connectivity index (χ3v) is 6.81. The number of nitrogens with zero attached hydrogens (tertiary/aromatic N) is 3. The van der Waals surface area contributed by atoms with Gasteiger partial charge in [0, 0.05) is 17.5 Å². The largest absolute Gasteiger partial charge is 0.488 e. The summed E-state index contributed by atoms with van der Waals surface area (Å²) in [4.78, 5) is 29.6. The van der Waals surface area contributed by atoms with Gasteiger partial charge in [-0.2, -0.15) is 18.3 Å². The van der Waals surface area contributed by atoms with Gasteiger partial charge in [0.1, 0.15) is 12.4 Å². The summed E-state index contributed by atoms with van der Waals surface area (Å²) < 4.78 is 68.7. The van der Waals surface area contributed by atoms with E-state index in [2.05, 4.69) is 20.7 Å². The SMILES string of the molecule is O=C(CCC(F)(F)F)N[C@H](O)c1cnn2cc([C@@H](NC(=O)c3cccc(OCC(F)F)c3)C3CCCCC3)nc2c1. The molecule has 1 aliphatic carbocycles. The Hall–Kier alpha value is -3.81. The number of aromatic nitrogens is 3. The number of hydrogen-bond acceptors (Lipinski definition) is 6. The number of nitrogens with one attached hydrogen (secondary N) is 2. The predicted molar refractivity (Wildman–Crippen MR) is 136 cm³/mol. The fourth-order valence-corrected chi connectivity index (χ4v) is 4.78. The minimum Gasteiger partial charge on any atom is -0.488 e. The number of amides is 2. The standard InChI is InChI=1S/C27H30F5N5O4/c28-21(29)15-41-19-8-4-7-17(11-19)25(39)36-24(16-5-2-1-3-6-16)20-14-37-22(34-20)12-18(13-33-37)26(40)35-23(38)9-10-27(30,31)32/h4,7-8,11-14,16,21,24,26,40H,1-3,5-6,9-10,15H2,(H,35,38)(H,36,39)/t24-,26+/m0/s1. The topological polar surface area (TPSA) is 118 Å². The van der Waals surface area contributed by atoms with Crippen LogP contribution in [0.3, 0.4) is 0 Å². The number of ether oxygens (including phenoxy) is 1. The summed E-state index contributed by atoms with van der Waals surface area (Å²) in [6, 6.07) is 6.88. The Balaban J connectivity index is 1.52. The van der Waals surface area contributed by atoms with E-state index in [1.165, 1.54) is 35.0 Å². The summed E-state index contributed by atoms with van der Waals surface area (Å²) in [5.41, 5.74) is 1.14. The number of aliphatic hydroxyl groups is 1. The van der Waals surface area contributed by atoms with Gasteiger partial charge in [0.15, 0.2) is 11.9 Å². The first-order valence-corrected chi connectivity index (χ1v) is 13.2. The fraction of sp³-hybridized carbons (Fsp3) is 0.481. The molecule has 0 spiro atoms. The number of benzene rings is 1. The number of fused-ring (bicyclic) bond motifs is 1. The van der Waals surface area contributed by atoms with Crippen LogP contribution in [-0.2, 0) is 4.79 Å². The number of aliphatic hydroxyl groups excluding tert-OH is 1. The molecule has 9 nitrogen and oxygen atoms in total. The van der Waals surface area contributed by atoms with Crippen LogP contribution < -0.4 is 15.4 Å². The van der Waals surface area contributed by atoms with Crippen LogP contribution in [-0.4, -0.2) is 50.7 Å². The maximum atomic E-state index is 13.2. The number of rotatable bonds is 11. The number of carbonyl (C=O) groups excluding carboxylic acids is 2. The Morgan fingerprint density at radius 1 is 1.12 bits per heavy atom. The summed E-state index contributed by atoms with van der Waals surface area (Å²) >= 11 is 0. The van der Waals surface area contributed by atoms with Crippen molar-refractivity contribution >= 4 is 17.5 Å². The van der Waals surface area contributed by atoms with Crippen molar-refractivity contribution < 1.29 is 41.4 Å². The Morgan fingerprint density at radius 2 is 1.88 bits per heavy atom. The van der Waals surface area contributed by atoms with E-state index in [-0.39, 0.29) is 22.8 Å². The molecule has 2 aromatic heterocycles. The molecule has 1 aliphatic rings. The van der Waals surface area contributed by atoms with Gasteiger partial charge in [-0.15, -0.1) is 0 Å². The molecule has 0 unspecified atom stereocenters. The van der Waals surface area contributed by atoms with Crippen molar-refractivity contribution in [1.29, 1.82) is 0 Å². The molecule has 0 radical (unpaired) electrons. The molecule has 222 valence electrons. The van der Waals surface area contributed by atoms with E-state index in [1.54, 1.807) is 12.3 Å². The van der Waals surface area contributed by atoms with Gasteiger partial charge in [0.2, 0.25) is 5.91 Å². The molecule has 14 heteroatoms. The van der Waals surface area contributed by atoms with Crippen molar-refractivity contribution in [1.82, 2.24) is 25.2 Å². The molecule has 2 heterocycles. The molecule has 2 atom stereocenters. The monoisotopic (exact) mass is 583 g/mol. The quantitative estimate of drug-likeness (QED) is 0.219. The lowest BCUT2D eigenvalue weighted by Gasteiger charge is -2.30. The summed E-state index contributed by atoms with van der Waals surface area (Å²) in [6.45, 7) is -0.794. The first-order valence-electron chi connectivity index (χ1n) is 13.2. The zero-order valence-corrected chi connectivity index (χ0v) is 21.9. The normalized spacial score (nSPS) is 16.0. The van der Waals surface area contributed by atoms with Crippen LogP contribution in [0, 0.1) is 5.92 Å². The maximum absolute atomic E-state index is 13.2. The number of carbonyl (C=O) groups is 2. The molecule has 0 bridgehead atoms. The molecule has 0 saturated heterocycles. The van der Waals surface area contributed by atoms with E-state index < -0.39 is 56.1 Å². The molecule has 2 amide bonds. The van der Waals surface area contributed by atoms with Crippen LogP contribution in [0.5, 0.6) is 5.75 Å². The molecule has 4 rings (SSSR count). The molecular formula is C27H30F5N5O4. The van der Waals surface area contributed by atoms with Gasteiger partial charge < -0.3 is 20.5 Å². The number of alkyl halides is 5. The average Bonchev–Trinajstić information content (AvgIpc) is 3.37. The third-order valence-electron chi connectivity index (χ3n) is 6.81. The summed E-state index contributed by atoms with van der Waals surface area (Å²) in [5, 5.41) is 19.7. The maximum Gasteiger partial charge on any atom is 0.389 e. The number of halogens is 5. The minimum absolute atomic E-state index is 0.0638. The smallest absolute Gasteiger partial charge is 0.389 e. The highest BCUT2D eigenvalue weighted by Crippen LogP contribution is 2.34. The Morgan fingerprint density at radius 3 is 2.59 bits per heavy atom. The van der Waals surface area contributed by atoms with E-state index in [1.807, 2.05) is 0 Å². The van der Waals surface area contributed by atoms with E-state index in [9.17, 15) is 36.6 Å². The average molecular weight is 584 g/mol. The minimum atomic E-state index is -4.50. The van der Waals surface area contributed by atoms with Crippen LogP contribution in [0.25, 0.3) is 5.65 Å². The molecule has 1 aromatic carbocycles. The second-order valence-electron chi connectivity index (χ2n) is 9.92. The lowest BCUT2D eigenvalue weighted by atomic mass is 9.82. The zero-order chi connectivity index (χ0) is 29.6. The van der Waals surface area contributed by atoms with Crippen LogP contribution in [0.2, 0.25) is 0 Å². The molecule has 0 aliphatic heterocycles. The Labute approximate surface area is 232 Å². The van der Waals surface area contributed by atoms with E-state index in [0.29, 0.717) is 11.3 Å². The lowest BCUT2D eigenvalue weighted by molar-refractivity contribution is -0.145. The summed E-state index contributed by atoms with van der Waals surface area (Å²) in [7, 11) is 0. The van der Waals surface area contributed by atoms with Crippen molar-refractivity contribution in [2.75, 3.05) is 6.61 Å². The summed E-state index contributed by atoms with van der Waals surface area (Å²) in [5.74, 6) is -1.21. The second kappa shape index (κ2) is 13.2. The molecule has 1 fully saturated rings.